The van der Waals surface area contributed by atoms with Crippen molar-refractivity contribution in [2.24, 2.45) is 5.73 Å². The van der Waals surface area contributed by atoms with Gasteiger partial charge >= 0.3 is 23.9 Å². The molecular formula is C24H36N6O13S. The highest BCUT2D eigenvalue weighted by Gasteiger charge is 2.43. The van der Waals surface area contributed by atoms with E-state index in [-0.39, 0.29) is 37.0 Å². The normalized spacial score (nSPS) is 17.0. The predicted molar refractivity (Wildman–Crippen MR) is 149 cm³/mol. The summed E-state index contributed by atoms with van der Waals surface area (Å²) in [6.07, 6.45) is 1.52. The Labute approximate surface area is 252 Å². The number of carboxylic acids is 4. The zero-order valence-corrected chi connectivity index (χ0v) is 24.5. The van der Waals surface area contributed by atoms with Crippen LogP contribution in [0.15, 0.2) is 23.2 Å². The molecule has 246 valence electrons. The largest absolute Gasteiger partial charge is 0.480 e. The van der Waals surface area contributed by atoms with Crippen LogP contribution in [0.4, 0.5) is 0 Å². The van der Waals surface area contributed by atoms with Crippen LogP contribution < -0.4 is 5.73 Å². The fourth-order valence-corrected chi connectivity index (χ4v) is 4.20. The molecule has 0 amide bonds. The van der Waals surface area contributed by atoms with Crippen molar-refractivity contribution in [3.8, 4) is 0 Å². The summed E-state index contributed by atoms with van der Waals surface area (Å²) in [5, 5.41) is 34.5. The van der Waals surface area contributed by atoms with Crippen molar-refractivity contribution in [3.05, 3.63) is 23.2 Å². The highest BCUT2D eigenvalue weighted by Crippen LogP contribution is 2.33. The van der Waals surface area contributed by atoms with E-state index in [1.807, 2.05) is 14.7 Å². The molecule has 0 aromatic carbocycles. The summed E-state index contributed by atoms with van der Waals surface area (Å²) >= 11 is 0. The minimum atomic E-state index is -3.80. The molecule has 0 aromatic rings. The summed E-state index contributed by atoms with van der Waals surface area (Å²) in [4.78, 5) is 74.8. The maximum absolute atomic E-state index is 12.4. The standard InChI is InChI=1S/C12H13N3O2.C10H16N2O8.C2H7NO3S/c16-9-7-8(13-1-2-13)12(17)11(15-5-6-15)10(9)14-3-4-14;13-7(14)3-11(4-8(15)16)1-2-12(5-9(17)18)6-10(19)20;3-1-2-7(4,5)6/h7H,1-6H2;1-6H2,(H,13,14)(H,15,16)(H,17,18)(H,19,20);1-3H2,(H,4,5,6). The molecule has 44 heavy (non-hydrogen) atoms. The number of carbonyl (C=O) groups is 6. The summed E-state index contributed by atoms with van der Waals surface area (Å²) in [6.45, 7) is 3.13. The molecule has 0 aromatic heterocycles. The van der Waals surface area contributed by atoms with E-state index < -0.39 is 60.2 Å². The number of carboxylic acid groups (broad SMARTS) is 4. The van der Waals surface area contributed by atoms with Gasteiger partial charge in [-0.25, -0.2) is 0 Å². The van der Waals surface area contributed by atoms with Crippen molar-refractivity contribution in [1.82, 2.24) is 24.5 Å². The maximum atomic E-state index is 12.4. The van der Waals surface area contributed by atoms with E-state index in [0.29, 0.717) is 17.1 Å². The summed E-state index contributed by atoms with van der Waals surface area (Å²) < 4.78 is 27.3. The summed E-state index contributed by atoms with van der Waals surface area (Å²) in [5.74, 6) is -5.22. The smallest absolute Gasteiger partial charge is 0.317 e. The predicted octanol–water partition coefficient (Wildman–Crippen LogP) is -4.06. The lowest BCUT2D eigenvalue weighted by atomic mass is 10.0. The van der Waals surface area contributed by atoms with Gasteiger partial charge < -0.3 is 40.9 Å². The number of carbonyl (C=O) groups excluding carboxylic acids is 2. The Bertz CT molecular complexity index is 1240. The summed E-state index contributed by atoms with van der Waals surface area (Å²) in [6, 6.07) is 0. The molecule has 0 bridgehead atoms. The Morgan fingerprint density at radius 3 is 1.34 bits per heavy atom. The third-order valence-electron chi connectivity index (χ3n) is 6.03. The monoisotopic (exact) mass is 648 g/mol. The van der Waals surface area contributed by atoms with Gasteiger partial charge in [-0.05, 0) is 0 Å². The first-order valence-electron chi connectivity index (χ1n) is 13.3. The van der Waals surface area contributed by atoms with Gasteiger partial charge in [-0.15, -0.1) is 0 Å². The molecule has 1 aliphatic carbocycles. The van der Waals surface area contributed by atoms with Crippen LogP contribution in [0.5, 0.6) is 0 Å². The molecule has 4 rings (SSSR count). The number of hydrogen-bond donors (Lipinski definition) is 6. The number of nitrogens with zero attached hydrogens (tertiary/aromatic N) is 5. The highest BCUT2D eigenvalue weighted by atomic mass is 32.2. The summed E-state index contributed by atoms with van der Waals surface area (Å²) in [7, 11) is -3.80. The average molecular weight is 649 g/mol. The van der Waals surface area contributed by atoms with E-state index in [9.17, 15) is 37.2 Å². The third kappa shape index (κ3) is 13.5. The Morgan fingerprint density at radius 1 is 0.705 bits per heavy atom. The van der Waals surface area contributed by atoms with E-state index in [1.54, 1.807) is 0 Å². The lowest BCUT2D eigenvalue weighted by molar-refractivity contribution is -0.145. The fourth-order valence-electron chi connectivity index (χ4n) is 3.90. The summed E-state index contributed by atoms with van der Waals surface area (Å²) in [5.41, 5.74) is 6.66. The van der Waals surface area contributed by atoms with E-state index in [4.69, 9.17) is 30.7 Å². The first-order chi connectivity index (χ1) is 20.5. The van der Waals surface area contributed by atoms with Crippen LogP contribution in [-0.4, -0.2) is 184 Å². The molecule has 7 N–H and O–H groups in total. The number of allylic oxidation sites excluding steroid dienone is 1. The van der Waals surface area contributed by atoms with Crippen LogP contribution >= 0.6 is 0 Å². The molecule has 0 saturated carbocycles. The Morgan fingerprint density at radius 2 is 1.07 bits per heavy atom. The quantitative estimate of drug-likeness (QED) is 0.0527. The number of Topliss-reactive ketones (excluding diaryl/α,β-unsaturated/α-hetero) is 1. The number of nitrogens with two attached hydrogens (primary N) is 1. The van der Waals surface area contributed by atoms with Crippen molar-refractivity contribution >= 4 is 45.6 Å². The third-order valence-corrected chi connectivity index (χ3v) is 6.78. The molecule has 3 saturated heterocycles. The zero-order chi connectivity index (χ0) is 33.2. The van der Waals surface area contributed by atoms with Crippen LogP contribution in [0.3, 0.4) is 0 Å². The first kappa shape index (κ1) is 36.1. The highest BCUT2D eigenvalue weighted by molar-refractivity contribution is 7.85. The second kappa shape index (κ2) is 16.1. The maximum Gasteiger partial charge on any atom is 0.317 e. The van der Waals surface area contributed by atoms with Gasteiger partial charge in [0, 0.05) is 65.0 Å². The minimum Gasteiger partial charge on any atom is -0.480 e. The average Bonchev–Trinajstić information content (AvgIpc) is 3.72. The van der Waals surface area contributed by atoms with Gasteiger partial charge in [-0.3, -0.25) is 43.1 Å². The minimum absolute atomic E-state index is 0.00546. The van der Waals surface area contributed by atoms with Gasteiger partial charge in [-0.2, -0.15) is 8.42 Å². The van der Waals surface area contributed by atoms with Gasteiger partial charge in [0.05, 0.1) is 37.6 Å². The SMILES string of the molecule is NCCS(=O)(=O)O.O=C(O)CN(CCN(CC(=O)O)CC(=O)O)CC(=O)O.O=C1C=C(N2CC2)C(=O)C(N2CC2)=C1N1CC1. The van der Waals surface area contributed by atoms with Gasteiger partial charge in [0.1, 0.15) is 11.4 Å². The van der Waals surface area contributed by atoms with E-state index in [0.717, 1.165) is 49.1 Å². The number of hydrogen-bond acceptors (Lipinski definition) is 14. The van der Waals surface area contributed by atoms with Crippen LogP contribution in [0.1, 0.15) is 0 Å². The van der Waals surface area contributed by atoms with Crippen LogP contribution in [-0.2, 0) is 38.9 Å². The van der Waals surface area contributed by atoms with Crippen LogP contribution in [0.2, 0.25) is 0 Å². The van der Waals surface area contributed by atoms with Crippen molar-refractivity contribution in [3.63, 3.8) is 0 Å². The zero-order valence-electron chi connectivity index (χ0n) is 23.7. The van der Waals surface area contributed by atoms with E-state index in [1.165, 1.54) is 6.08 Å². The lowest BCUT2D eigenvalue weighted by Gasteiger charge is -2.23. The molecule has 4 aliphatic rings. The van der Waals surface area contributed by atoms with E-state index >= 15 is 0 Å². The second-order valence-electron chi connectivity index (χ2n) is 9.95. The fraction of sp³-hybridized carbons (Fsp3) is 0.583. The molecular weight excluding hydrogens is 612 g/mol. The first-order valence-corrected chi connectivity index (χ1v) is 14.9. The molecule has 0 unspecified atom stereocenters. The molecule has 20 heteroatoms. The van der Waals surface area contributed by atoms with E-state index in [2.05, 4.69) is 0 Å². The second-order valence-corrected chi connectivity index (χ2v) is 11.5. The molecule has 0 atom stereocenters. The Hall–Kier alpha value is -4.11. The Balaban J connectivity index is 0.000000254. The van der Waals surface area contributed by atoms with Crippen LogP contribution in [0.25, 0.3) is 0 Å². The van der Waals surface area contributed by atoms with Gasteiger partial charge in [0.25, 0.3) is 10.1 Å². The molecule has 0 radical (unpaired) electrons. The molecule has 3 heterocycles. The molecule has 3 aliphatic heterocycles. The van der Waals surface area contributed by atoms with Crippen molar-refractivity contribution in [2.45, 2.75) is 0 Å². The van der Waals surface area contributed by atoms with Crippen molar-refractivity contribution < 1.29 is 62.2 Å². The van der Waals surface area contributed by atoms with Crippen LogP contribution in [0, 0.1) is 0 Å². The van der Waals surface area contributed by atoms with Gasteiger partial charge in [0.15, 0.2) is 0 Å². The lowest BCUT2D eigenvalue weighted by Crippen LogP contribution is -2.43. The topological polar surface area (TPSA) is 279 Å². The number of aliphatic carboxylic acids is 4. The molecule has 19 nitrogen and oxygen atoms in total. The van der Waals surface area contributed by atoms with Crippen molar-refractivity contribution in [2.75, 3.05) is 90.8 Å². The van der Waals surface area contributed by atoms with Gasteiger partial charge in [-0.1, -0.05) is 0 Å². The van der Waals surface area contributed by atoms with Gasteiger partial charge in [0.2, 0.25) is 11.6 Å². The number of rotatable bonds is 16. The molecule has 3 fully saturated rings. The molecule has 0 spiro atoms. The Kier molecular flexibility index (Phi) is 13.2. The number of ketones is 2. The van der Waals surface area contributed by atoms with Crippen molar-refractivity contribution in [1.29, 1.82) is 0 Å².